The third-order valence-corrected chi connectivity index (χ3v) is 4.28. The van der Waals surface area contributed by atoms with E-state index in [2.05, 4.69) is 22.8 Å². The first kappa shape index (κ1) is 16.3. The van der Waals surface area contributed by atoms with Gasteiger partial charge >= 0.3 is 6.03 Å². The first-order valence-electron chi connectivity index (χ1n) is 8.25. The van der Waals surface area contributed by atoms with Crippen LogP contribution in [0.3, 0.4) is 0 Å². The van der Waals surface area contributed by atoms with Crippen molar-refractivity contribution in [1.29, 1.82) is 0 Å². The molecule has 1 fully saturated rings. The SMILES string of the molecule is CN(C)c1cccc(NC(=O)N2CCN[C@H](c3ccccc3)C2)c1. The van der Waals surface area contributed by atoms with Crippen LogP contribution in [0.4, 0.5) is 16.2 Å². The number of anilines is 2. The maximum atomic E-state index is 12.6. The van der Waals surface area contributed by atoms with Gasteiger partial charge in [0.15, 0.2) is 0 Å². The first-order valence-corrected chi connectivity index (χ1v) is 8.25. The summed E-state index contributed by atoms with van der Waals surface area (Å²) in [5.74, 6) is 0. The number of urea groups is 1. The van der Waals surface area contributed by atoms with E-state index in [1.807, 2.05) is 66.4 Å². The minimum Gasteiger partial charge on any atom is -0.378 e. The Labute approximate surface area is 143 Å². The molecule has 3 rings (SSSR count). The van der Waals surface area contributed by atoms with Crippen LogP contribution in [0.2, 0.25) is 0 Å². The molecule has 2 aromatic rings. The minimum atomic E-state index is -0.0478. The molecule has 0 aromatic heterocycles. The second kappa shape index (κ2) is 7.36. The molecule has 0 aliphatic carbocycles. The lowest BCUT2D eigenvalue weighted by Crippen LogP contribution is -2.49. The maximum absolute atomic E-state index is 12.6. The third-order valence-electron chi connectivity index (χ3n) is 4.28. The molecule has 0 spiro atoms. The molecule has 0 bridgehead atoms. The summed E-state index contributed by atoms with van der Waals surface area (Å²) in [6, 6.07) is 18.3. The van der Waals surface area contributed by atoms with Gasteiger partial charge in [0.25, 0.3) is 0 Å². The average Bonchev–Trinajstić information content (AvgIpc) is 2.63. The monoisotopic (exact) mass is 324 g/mol. The maximum Gasteiger partial charge on any atom is 0.321 e. The van der Waals surface area contributed by atoms with Gasteiger partial charge in [-0.2, -0.15) is 0 Å². The highest BCUT2D eigenvalue weighted by atomic mass is 16.2. The van der Waals surface area contributed by atoms with Gasteiger partial charge in [-0.1, -0.05) is 36.4 Å². The van der Waals surface area contributed by atoms with Gasteiger partial charge in [-0.25, -0.2) is 4.79 Å². The molecular weight excluding hydrogens is 300 g/mol. The molecule has 2 amide bonds. The lowest BCUT2D eigenvalue weighted by Gasteiger charge is -2.34. The van der Waals surface area contributed by atoms with E-state index in [1.54, 1.807) is 0 Å². The zero-order chi connectivity index (χ0) is 16.9. The van der Waals surface area contributed by atoms with Crippen molar-refractivity contribution in [1.82, 2.24) is 10.2 Å². The smallest absolute Gasteiger partial charge is 0.321 e. The highest BCUT2D eigenvalue weighted by molar-refractivity contribution is 5.90. The quantitative estimate of drug-likeness (QED) is 0.912. The van der Waals surface area contributed by atoms with Crippen LogP contribution in [0.5, 0.6) is 0 Å². The van der Waals surface area contributed by atoms with Gasteiger partial charge in [0.1, 0.15) is 0 Å². The molecule has 126 valence electrons. The van der Waals surface area contributed by atoms with Crippen molar-refractivity contribution in [3.63, 3.8) is 0 Å². The lowest BCUT2D eigenvalue weighted by molar-refractivity contribution is 0.190. The summed E-state index contributed by atoms with van der Waals surface area (Å²) in [4.78, 5) is 16.5. The summed E-state index contributed by atoms with van der Waals surface area (Å²) >= 11 is 0. The number of piperazine rings is 1. The number of hydrogen-bond donors (Lipinski definition) is 2. The van der Waals surface area contributed by atoms with Gasteiger partial charge in [0, 0.05) is 45.1 Å². The number of benzene rings is 2. The van der Waals surface area contributed by atoms with Crippen LogP contribution in [-0.4, -0.2) is 44.7 Å². The molecule has 1 atom stereocenters. The molecular formula is C19H24N4O. The van der Waals surface area contributed by atoms with Crippen molar-refractivity contribution in [2.75, 3.05) is 43.9 Å². The highest BCUT2D eigenvalue weighted by Gasteiger charge is 2.24. The molecule has 1 aliphatic rings. The van der Waals surface area contributed by atoms with E-state index < -0.39 is 0 Å². The Morgan fingerprint density at radius 1 is 1.17 bits per heavy atom. The fourth-order valence-electron chi connectivity index (χ4n) is 2.91. The number of carbonyl (C=O) groups excluding carboxylic acids is 1. The zero-order valence-electron chi connectivity index (χ0n) is 14.2. The summed E-state index contributed by atoms with van der Waals surface area (Å²) in [6.07, 6.45) is 0. The molecule has 0 radical (unpaired) electrons. The summed E-state index contributed by atoms with van der Waals surface area (Å²) in [5.41, 5.74) is 3.10. The Morgan fingerprint density at radius 2 is 1.96 bits per heavy atom. The van der Waals surface area contributed by atoms with Crippen molar-refractivity contribution in [3.8, 4) is 0 Å². The molecule has 0 saturated carbocycles. The highest BCUT2D eigenvalue weighted by Crippen LogP contribution is 2.20. The summed E-state index contributed by atoms with van der Waals surface area (Å²) in [5, 5.41) is 6.49. The molecule has 5 heteroatoms. The van der Waals surface area contributed by atoms with Gasteiger partial charge in [0.2, 0.25) is 0 Å². The van der Waals surface area contributed by atoms with E-state index in [9.17, 15) is 4.79 Å². The Kier molecular flexibility index (Phi) is 5.01. The predicted octanol–water partition coefficient (Wildman–Crippen LogP) is 2.93. The van der Waals surface area contributed by atoms with Gasteiger partial charge < -0.3 is 20.4 Å². The van der Waals surface area contributed by atoms with E-state index in [0.29, 0.717) is 13.1 Å². The van der Waals surface area contributed by atoms with Crippen molar-refractivity contribution in [2.24, 2.45) is 0 Å². The Balaban J connectivity index is 1.65. The van der Waals surface area contributed by atoms with Crippen LogP contribution in [0.15, 0.2) is 54.6 Å². The van der Waals surface area contributed by atoms with Gasteiger partial charge in [-0.3, -0.25) is 0 Å². The predicted molar refractivity (Wildman–Crippen MR) is 98.5 cm³/mol. The number of rotatable bonds is 3. The summed E-state index contributed by atoms with van der Waals surface area (Å²) in [7, 11) is 3.98. The minimum absolute atomic E-state index is 0.0478. The second-order valence-electron chi connectivity index (χ2n) is 6.24. The number of carbonyl (C=O) groups is 1. The molecule has 1 saturated heterocycles. The summed E-state index contributed by atoms with van der Waals surface area (Å²) < 4.78 is 0. The molecule has 2 N–H and O–H groups in total. The van der Waals surface area contributed by atoms with Gasteiger partial charge in [-0.15, -0.1) is 0 Å². The van der Waals surface area contributed by atoms with Crippen LogP contribution in [0.1, 0.15) is 11.6 Å². The normalized spacial score (nSPS) is 17.4. The Bertz CT molecular complexity index is 687. The van der Waals surface area contributed by atoms with Crippen LogP contribution in [-0.2, 0) is 0 Å². The van der Waals surface area contributed by atoms with Gasteiger partial charge in [-0.05, 0) is 23.8 Å². The largest absolute Gasteiger partial charge is 0.378 e. The Morgan fingerprint density at radius 3 is 2.71 bits per heavy atom. The molecule has 24 heavy (non-hydrogen) atoms. The molecule has 5 nitrogen and oxygen atoms in total. The van der Waals surface area contributed by atoms with Gasteiger partial charge in [0.05, 0.1) is 6.04 Å². The molecule has 0 unspecified atom stereocenters. The van der Waals surface area contributed by atoms with E-state index >= 15 is 0 Å². The van der Waals surface area contributed by atoms with Crippen LogP contribution in [0.25, 0.3) is 0 Å². The van der Waals surface area contributed by atoms with Crippen molar-refractivity contribution in [2.45, 2.75) is 6.04 Å². The fourth-order valence-corrected chi connectivity index (χ4v) is 2.91. The molecule has 1 aliphatic heterocycles. The number of amides is 2. The lowest BCUT2D eigenvalue weighted by atomic mass is 10.0. The molecule has 2 aromatic carbocycles. The van der Waals surface area contributed by atoms with E-state index in [4.69, 9.17) is 0 Å². The van der Waals surface area contributed by atoms with Crippen molar-refractivity contribution in [3.05, 3.63) is 60.2 Å². The van der Waals surface area contributed by atoms with Crippen LogP contribution < -0.4 is 15.5 Å². The van der Waals surface area contributed by atoms with Crippen molar-refractivity contribution >= 4 is 17.4 Å². The van der Waals surface area contributed by atoms with Crippen LogP contribution in [0, 0.1) is 0 Å². The fraction of sp³-hybridized carbons (Fsp3) is 0.316. The third kappa shape index (κ3) is 3.86. The van der Waals surface area contributed by atoms with E-state index in [-0.39, 0.29) is 12.1 Å². The number of nitrogens with zero attached hydrogens (tertiary/aromatic N) is 2. The van der Waals surface area contributed by atoms with E-state index in [0.717, 1.165) is 17.9 Å². The number of hydrogen-bond acceptors (Lipinski definition) is 3. The summed E-state index contributed by atoms with van der Waals surface area (Å²) in [6.45, 7) is 2.18. The molecule has 1 heterocycles. The van der Waals surface area contributed by atoms with E-state index in [1.165, 1.54) is 5.56 Å². The second-order valence-corrected chi connectivity index (χ2v) is 6.24. The Hall–Kier alpha value is -2.53. The standard InChI is InChI=1S/C19H24N4O/c1-22(2)17-10-6-9-16(13-17)21-19(24)23-12-11-20-18(14-23)15-7-4-3-5-8-15/h3-10,13,18,20H,11-12,14H2,1-2H3,(H,21,24)/t18-/m0/s1. The zero-order valence-corrected chi connectivity index (χ0v) is 14.2. The topological polar surface area (TPSA) is 47.6 Å². The van der Waals surface area contributed by atoms with Crippen LogP contribution >= 0.6 is 0 Å². The number of nitrogens with one attached hydrogen (secondary N) is 2. The first-order chi connectivity index (χ1) is 11.6. The average molecular weight is 324 g/mol. The van der Waals surface area contributed by atoms with Crippen molar-refractivity contribution < 1.29 is 4.79 Å².